The number of ether oxygens (including phenoxy) is 2. The molecule has 0 spiro atoms. The summed E-state index contributed by atoms with van der Waals surface area (Å²) in [6.45, 7) is 1.10. The van der Waals surface area contributed by atoms with Crippen molar-refractivity contribution in [2.24, 2.45) is 5.92 Å². The maximum absolute atomic E-state index is 11.7. The molecule has 19 heavy (non-hydrogen) atoms. The van der Waals surface area contributed by atoms with Crippen LogP contribution >= 0.6 is 11.6 Å². The van der Waals surface area contributed by atoms with E-state index in [2.05, 4.69) is 0 Å². The van der Waals surface area contributed by atoms with Crippen LogP contribution in [0.5, 0.6) is 5.75 Å². The molecule has 1 aromatic carbocycles. The average Bonchev–Trinajstić information content (AvgIpc) is 2.69. The van der Waals surface area contributed by atoms with E-state index in [4.69, 9.17) is 21.1 Å². The molecule has 1 aliphatic heterocycles. The molecule has 4 nitrogen and oxygen atoms in total. The number of nitrogens with zero attached hydrogens (tertiary/aromatic N) is 1. The summed E-state index contributed by atoms with van der Waals surface area (Å²) >= 11 is 5.80. The summed E-state index contributed by atoms with van der Waals surface area (Å²) in [5.41, 5.74) is 0. The summed E-state index contributed by atoms with van der Waals surface area (Å²) in [6.07, 6.45) is 0.554. The first-order valence-corrected chi connectivity index (χ1v) is 6.66. The molecule has 104 valence electrons. The van der Waals surface area contributed by atoms with Gasteiger partial charge in [-0.3, -0.25) is 4.79 Å². The molecule has 1 fully saturated rings. The molecule has 1 aliphatic rings. The van der Waals surface area contributed by atoms with Crippen LogP contribution in [0.4, 0.5) is 0 Å². The molecule has 2 unspecified atom stereocenters. The van der Waals surface area contributed by atoms with Gasteiger partial charge in [0.25, 0.3) is 0 Å². The van der Waals surface area contributed by atoms with Crippen LogP contribution in [0.3, 0.4) is 0 Å². The van der Waals surface area contributed by atoms with Crippen molar-refractivity contribution in [3.63, 3.8) is 0 Å². The summed E-state index contributed by atoms with van der Waals surface area (Å²) in [6, 6.07) is 7.14. The molecule has 1 saturated heterocycles. The van der Waals surface area contributed by atoms with Crippen molar-refractivity contribution in [2.75, 3.05) is 27.2 Å². The number of hydrogen-bond donors (Lipinski definition) is 0. The van der Waals surface area contributed by atoms with E-state index in [9.17, 15) is 4.79 Å². The maximum atomic E-state index is 11.7. The zero-order chi connectivity index (χ0) is 13.8. The Balaban J connectivity index is 1.81. The van der Waals surface area contributed by atoms with E-state index in [1.165, 1.54) is 0 Å². The zero-order valence-corrected chi connectivity index (χ0v) is 11.9. The summed E-state index contributed by atoms with van der Waals surface area (Å²) < 4.78 is 10.9. The Morgan fingerprint density at radius 1 is 1.37 bits per heavy atom. The van der Waals surface area contributed by atoms with Crippen molar-refractivity contribution in [1.82, 2.24) is 4.90 Å². The van der Waals surface area contributed by atoms with Gasteiger partial charge in [-0.25, -0.2) is 0 Å². The molecular weight excluding hydrogens is 266 g/mol. The first-order chi connectivity index (χ1) is 9.04. The van der Waals surface area contributed by atoms with Crippen LogP contribution in [0, 0.1) is 5.92 Å². The largest absolute Gasteiger partial charge is 0.490 e. The molecule has 0 bridgehead atoms. The fourth-order valence-electron chi connectivity index (χ4n) is 2.13. The van der Waals surface area contributed by atoms with Crippen molar-refractivity contribution in [3.8, 4) is 5.75 Å². The molecule has 5 heteroatoms. The summed E-state index contributed by atoms with van der Waals surface area (Å²) in [4.78, 5) is 13.6. The van der Waals surface area contributed by atoms with Gasteiger partial charge in [0.1, 0.15) is 18.5 Å². The van der Waals surface area contributed by atoms with E-state index in [0.29, 0.717) is 18.1 Å². The predicted octanol–water partition coefficient (Wildman–Crippen LogP) is 2.21. The molecule has 0 radical (unpaired) electrons. The van der Waals surface area contributed by atoms with E-state index < -0.39 is 0 Å². The minimum atomic E-state index is -0.159. The quantitative estimate of drug-likeness (QED) is 0.777. The highest BCUT2D eigenvalue weighted by atomic mass is 35.5. The molecule has 2 atom stereocenters. The number of carbonyl (C=O) groups is 1. The third-order valence-corrected chi connectivity index (χ3v) is 3.25. The minimum absolute atomic E-state index is 0.0474. The zero-order valence-electron chi connectivity index (χ0n) is 11.1. The second kappa shape index (κ2) is 6.26. The van der Waals surface area contributed by atoms with Gasteiger partial charge in [-0.05, 0) is 38.4 Å². The topological polar surface area (TPSA) is 38.8 Å². The van der Waals surface area contributed by atoms with Gasteiger partial charge in [0.15, 0.2) is 0 Å². The number of hydrogen-bond acceptors (Lipinski definition) is 4. The first kappa shape index (κ1) is 14.2. The molecule has 0 saturated carbocycles. The van der Waals surface area contributed by atoms with Crippen LogP contribution in [0.1, 0.15) is 6.42 Å². The van der Waals surface area contributed by atoms with E-state index in [1.54, 1.807) is 24.3 Å². The molecule has 1 heterocycles. The maximum Gasteiger partial charge on any atom is 0.310 e. The fourth-order valence-corrected chi connectivity index (χ4v) is 2.26. The third kappa shape index (κ3) is 4.11. The van der Waals surface area contributed by atoms with E-state index in [1.807, 2.05) is 19.0 Å². The molecule has 2 rings (SSSR count). The first-order valence-electron chi connectivity index (χ1n) is 6.28. The Morgan fingerprint density at radius 3 is 2.68 bits per heavy atom. The Bertz CT molecular complexity index is 433. The number of cyclic esters (lactones) is 1. The molecule has 0 amide bonds. The molecule has 0 N–H and O–H groups in total. The lowest BCUT2D eigenvalue weighted by molar-refractivity contribution is -0.145. The van der Waals surface area contributed by atoms with Crippen LogP contribution in [-0.2, 0) is 9.53 Å². The van der Waals surface area contributed by atoms with Gasteiger partial charge in [-0.2, -0.15) is 0 Å². The fraction of sp³-hybridized carbons (Fsp3) is 0.500. The highest BCUT2D eigenvalue weighted by molar-refractivity contribution is 6.30. The number of esters is 1. The van der Waals surface area contributed by atoms with Gasteiger partial charge in [0.05, 0.1) is 5.92 Å². The molecule has 1 aromatic rings. The molecule has 0 aliphatic carbocycles. The van der Waals surface area contributed by atoms with Gasteiger partial charge in [-0.15, -0.1) is 0 Å². The van der Waals surface area contributed by atoms with Gasteiger partial charge in [0.2, 0.25) is 0 Å². The number of halogens is 1. The smallest absolute Gasteiger partial charge is 0.310 e. The van der Waals surface area contributed by atoms with Crippen molar-refractivity contribution in [3.05, 3.63) is 29.3 Å². The van der Waals surface area contributed by atoms with Crippen LogP contribution in [0.25, 0.3) is 0 Å². The second-order valence-corrected chi connectivity index (χ2v) is 5.46. The van der Waals surface area contributed by atoms with Gasteiger partial charge in [0, 0.05) is 18.0 Å². The molecular formula is C14H18ClNO3. The monoisotopic (exact) mass is 283 g/mol. The van der Waals surface area contributed by atoms with Gasteiger partial charge >= 0.3 is 5.97 Å². The lowest BCUT2D eigenvalue weighted by atomic mass is 10.1. The van der Waals surface area contributed by atoms with Crippen LogP contribution in [0.15, 0.2) is 24.3 Å². The summed E-state index contributed by atoms with van der Waals surface area (Å²) in [7, 11) is 3.90. The third-order valence-electron chi connectivity index (χ3n) is 3.00. The summed E-state index contributed by atoms with van der Waals surface area (Å²) in [5.74, 6) is 0.559. The van der Waals surface area contributed by atoms with Crippen LogP contribution in [-0.4, -0.2) is 44.2 Å². The lowest BCUT2D eigenvalue weighted by Crippen LogP contribution is -2.24. The van der Waals surface area contributed by atoms with Crippen molar-refractivity contribution in [1.29, 1.82) is 0 Å². The van der Waals surface area contributed by atoms with Crippen LogP contribution < -0.4 is 4.74 Å². The minimum Gasteiger partial charge on any atom is -0.490 e. The van der Waals surface area contributed by atoms with Crippen molar-refractivity contribution in [2.45, 2.75) is 12.5 Å². The van der Waals surface area contributed by atoms with E-state index in [-0.39, 0.29) is 18.0 Å². The standard InChI is InChI=1S/C14H18ClNO3/c1-16(2)8-10-7-13(19-14(10)17)9-18-12-5-3-11(15)4-6-12/h3-6,10,13H,7-9H2,1-2H3. The lowest BCUT2D eigenvalue weighted by Gasteiger charge is -2.12. The normalized spacial score (nSPS) is 22.6. The van der Waals surface area contributed by atoms with E-state index in [0.717, 1.165) is 12.3 Å². The molecule has 0 aromatic heterocycles. The highest BCUT2D eigenvalue weighted by Gasteiger charge is 2.34. The van der Waals surface area contributed by atoms with Gasteiger partial charge in [-0.1, -0.05) is 11.6 Å². The van der Waals surface area contributed by atoms with Crippen molar-refractivity contribution < 1.29 is 14.3 Å². The number of carbonyl (C=O) groups excluding carboxylic acids is 1. The Morgan fingerprint density at radius 2 is 2.05 bits per heavy atom. The number of rotatable bonds is 5. The Hall–Kier alpha value is -1.26. The van der Waals surface area contributed by atoms with E-state index >= 15 is 0 Å². The average molecular weight is 284 g/mol. The number of benzene rings is 1. The highest BCUT2D eigenvalue weighted by Crippen LogP contribution is 2.23. The van der Waals surface area contributed by atoms with Gasteiger partial charge < -0.3 is 14.4 Å². The summed E-state index contributed by atoms with van der Waals surface area (Å²) in [5, 5.41) is 0.672. The predicted molar refractivity (Wildman–Crippen MR) is 73.5 cm³/mol. The second-order valence-electron chi connectivity index (χ2n) is 5.02. The Kier molecular flexibility index (Phi) is 4.66. The Labute approximate surface area is 118 Å². The van der Waals surface area contributed by atoms with Crippen LogP contribution in [0.2, 0.25) is 5.02 Å². The SMILES string of the molecule is CN(C)CC1CC(COc2ccc(Cl)cc2)OC1=O. The van der Waals surface area contributed by atoms with Crippen molar-refractivity contribution >= 4 is 17.6 Å².